The molecule has 0 fully saturated rings. The predicted octanol–water partition coefficient (Wildman–Crippen LogP) is 5.50. The van der Waals surface area contributed by atoms with Gasteiger partial charge in [-0.15, -0.1) is 0 Å². The number of aromatic nitrogens is 2. The molecule has 0 amide bonds. The average molecular weight is 329 g/mol. The van der Waals surface area contributed by atoms with E-state index in [4.69, 9.17) is 5.53 Å². The minimum Gasteiger partial charge on any atom is -0.233 e. The Morgan fingerprint density at radius 3 is 2.25 bits per heavy atom. The van der Waals surface area contributed by atoms with Crippen LogP contribution in [0.25, 0.3) is 27.4 Å². The van der Waals surface area contributed by atoms with Crippen molar-refractivity contribution >= 4 is 5.69 Å². The second-order valence-corrected chi connectivity index (χ2v) is 4.90. The number of para-hydroxylation sites is 1. The van der Waals surface area contributed by atoms with Crippen LogP contribution in [0.3, 0.4) is 0 Å². The van der Waals surface area contributed by atoms with Crippen molar-refractivity contribution in [3.8, 4) is 16.9 Å². The SMILES string of the molecule is [N-]=[N+]=Nc1ccc(-c2cc(C(F)(F)F)nn2-c2ccccc2)cc1. The van der Waals surface area contributed by atoms with Gasteiger partial charge in [-0.2, -0.15) is 18.3 Å². The van der Waals surface area contributed by atoms with Crippen molar-refractivity contribution in [3.05, 3.63) is 76.8 Å². The summed E-state index contributed by atoms with van der Waals surface area (Å²) >= 11 is 0. The lowest BCUT2D eigenvalue weighted by molar-refractivity contribution is -0.141. The third-order valence-corrected chi connectivity index (χ3v) is 3.32. The number of rotatable bonds is 3. The highest BCUT2D eigenvalue weighted by atomic mass is 19.4. The van der Waals surface area contributed by atoms with E-state index in [9.17, 15) is 13.2 Å². The maximum Gasteiger partial charge on any atom is 0.435 e. The number of azide groups is 1. The smallest absolute Gasteiger partial charge is 0.233 e. The number of halogens is 3. The van der Waals surface area contributed by atoms with Crippen molar-refractivity contribution in [2.75, 3.05) is 0 Å². The van der Waals surface area contributed by atoms with E-state index >= 15 is 0 Å². The molecule has 0 radical (unpaired) electrons. The zero-order valence-corrected chi connectivity index (χ0v) is 12.1. The number of benzene rings is 2. The van der Waals surface area contributed by atoms with E-state index in [1.165, 1.54) is 16.8 Å². The summed E-state index contributed by atoms with van der Waals surface area (Å²) in [6.45, 7) is 0. The van der Waals surface area contributed by atoms with Crippen molar-refractivity contribution in [1.82, 2.24) is 9.78 Å². The Bertz CT molecular complexity index is 892. The first-order valence-corrected chi connectivity index (χ1v) is 6.87. The molecule has 0 aliphatic heterocycles. The molecule has 0 unspecified atom stereocenters. The highest BCUT2D eigenvalue weighted by Gasteiger charge is 2.35. The second-order valence-electron chi connectivity index (χ2n) is 4.90. The van der Waals surface area contributed by atoms with Crippen molar-refractivity contribution in [2.45, 2.75) is 6.18 Å². The van der Waals surface area contributed by atoms with Crippen LogP contribution in [0.2, 0.25) is 0 Å². The summed E-state index contributed by atoms with van der Waals surface area (Å²) in [5.74, 6) is 0. The van der Waals surface area contributed by atoms with Gasteiger partial charge in [0.05, 0.1) is 11.4 Å². The Morgan fingerprint density at radius 2 is 1.67 bits per heavy atom. The van der Waals surface area contributed by atoms with Gasteiger partial charge in [-0.25, -0.2) is 4.68 Å². The van der Waals surface area contributed by atoms with Crippen LogP contribution in [0.4, 0.5) is 18.9 Å². The zero-order chi connectivity index (χ0) is 17.2. The van der Waals surface area contributed by atoms with Gasteiger partial charge in [-0.05, 0) is 23.7 Å². The molecule has 3 rings (SSSR count). The first-order valence-electron chi connectivity index (χ1n) is 6.87. The molecule has 24 heavy (non-hydrogen) atoms. The van der Waals surface area contributed by atoms with E-state index in [1.807, 2.05) is 0 Å². The lowest BCUT2D eigenvalue weighted by Gasteiger charge is -2.07. The van der Waals surface area contributed by atoms with Crippen LogP contribution in [0.15, 0.2) is 65.8 Å². The van der Waals surface area contributed by atoms with Crippen LogP contribution in [0.5, 0.6) is 0 Å². The summed E-state index contributed by atoms with van der Waals surface area (Å²) in [7, 11) is 0. The van der Waals surface area contributed by atoms with Gasteiger partial charge in [0, 0.05) is 16.2 Å². The Hall–Kier alpha value is -3.25. The highest BCUT2D eigenvalue weighted by Crippen LogP contribution is 2.33. The normalized spacial score (nSPS) is 11.1. The van der Waals surface area contributed by atoms with Gasteiger partial charge in [-0.1, -0.05) is 47.6 Å². The third kappa shape index (κ3) is 3.09. The summed E-state index contributed by atoms with van der Waals surface area (Å²) in [6, 6.07) is 15.8. The summed E-state index contributed by atoms with van der Waals surface area (Å²) in [4.78, 5) is 2.67. The largest absolute Gasteiger partial charge is 0.435 e. The van der Waals surface area contributed by atoms with E-state index in [2.05, 4.69) is 15.1 Å². The molecule has 8 heteroatoms. The molecule has 0 saturated carbocycles. The summed E-state index contributed by atoms with van der Waals surface area (Å²) in [5.41, 5.74) is 9.15. The second kappa shape index (κ2) is 6.10. The molecule has 0 spiro atoms. The van der Waals surface area contributed by atoms with E-state index in [-0.39, 0.29) is 0 Å². The minimum absolute atomic E-state index is 0.293. The molecule has 3 aromatic rings. The van der Waals surface area contributed by atoms with E-state index in [0.717, 1.165) is 6.07 Å². The lowest BCUT2D eigenvalue weighted by atomic mass is 10.1. The standard InChI is InChI=1S/C16H10F3N5/c17-16(18,19)15-10-14(11-6-8-12(9-7-11)21-23-20)24(22-15)13-4-2-1-3-5-13/h1-10H. The number of hydrogen-bond acceptors (Lipinski definition) is 2. The Labute approximate surface area is 134 Å². The van der Waals surface area contributed by atoms with Gasteiger partial charge in [0.2, 0.25) is 0 Å². The molecule has 1 heterocycles. The molecule has 2 aromatic carbocycles. The molecule has 0 bridgehead atoms. The first kappa shape index (κ1) is 15.6. The fraction of sp³-hybridized carbons (Fsp3) is 0.0625. The molecule has 0 aliphatic rings. The quantitative estimate of drug-likeness (QED) is 0.355. The molecule has 0 saturated heterocycles. The Morgan fingerprint density at radius 1 is 1.00 bits per heavy atom. The molecule has 0 N–H and O–H groups in total. The number of hydrogen-bond donors (Lipinski definition) is 0. The average Bonchev–Trinajstić information content (AvgIpc) is 3.02. The Balaban J connectivity index is 2.15. The Kier molecular flexibility index (Phi) is 3.97. The fourth-order valence-electron chi connectivity index (χ4n) is 2.24. The molecule has 0 atom stereocenters. The molecule has 5 nitrogen and oxygen atoms in total. The predicted molar refractivity (Wildman–Crippen MR) is 82.8 cm³/mol. The lowest BCUT2D eigenvalue weighted by Crippen LogP contribution is -2.07. The number of nitrogens with zero attached hydrogens (tertiary/aromatic N) is 5. The van der Waals surface area contributed by atoms with E-state index < -0.39 is 11.9 Å². The van der Waals surface area contributed by atoms with Crippen molar-refractivity contribution < 1.29 is 13.2 Å². The van der Waals surface area contributed by atoms with Gasteiger partial charge in [0.15, 0.2) is 5.69 Å². The van der Waals surface area contributed by atoms with Crippen LogP contribution in [-0.4, -0.2) is 9.78 Å². The van der Waals surface area contributed by atoms with Gasteiger partial charge >= 0.3 is 6.18 Å². The molecular weight excluding hydrogens is 319 g/mol. The molecule has 120 valence electrons. The maximum absolute atomic E-state index is 13.0. The van der Waals surface area contributed by atoms with Crippen molar-refractivity contribution in [3.63, 3.8) is 0 Å². The van der Waals surface area contributed by atoms with Gasteiger partial charge in [-0.3, -0.25) is 0 Å². The van der Waals surface area contributed by atoms with Crippen LogP contribution >= 0.6 is 0 Å². The van der Waals surface area contributed by atoms with Crippen molar-refractivity contribution in [2.24, 2.45) is 5.11 Å². The molecular formula is C16H10F3N5. The molecule has 1 aromatic heterocycles. The number of alkyl halides is 3. The summed E-state index contributed by atoms with van der Waals surface area (Å²) in [5, 5.41) is 7.14. The van der Waals surface area contributed by atoms with Crippen molar-refractivity contribution in [1.29, 1.82) is 0 Å². The first-order chi connectivity index (χ1) is 11.5. The van der Waals surface area contributed by atoms with E-state index in [0.29, 0.717) is 22.6 Å². The van der Waals surface area contributed by atoms with Crippen LogP contribution < -0.4 is 0 Å². The van der Waals surface area contributed by atoms with Crippen LogP contribution in [0, 0.1) is 0 Å². The highest BCUT2D eigenvalue weighted by molar-refractivity contribution is 5.65. The maximum atomic E-state index is 13.0. The summed E-state index contributed by atoms with van der Waals surface area (Å²) in [6.07, 6.45) is -4.54. The topological polar surface area (TPSA) is 66.6 Å². The third-order valence-electron chi connectivity index (χ3n) is 3.32. The van der Waals surface area contributed by atoms with E-state index in [1.54, 1.807) is 42.5 Å². The zero-order valence-electron chi connectivity index (χ0n) is 12.1. The summed E-state index contributed by atoms with van der Waals surface area (Å²) < 4.78 is 40.4. The van der Waals surface area contributed by atoms with Crippen LogP contribution in [-0.2, 0) is 6.18 Å². The fourth-order valence-corrected chi connectivity index (χ4v) is 2.24. The van der Waals surface area contributed by atoms with Gasteiger partial charge in [0.25, 0.3) is 0 Å². The van der Waals surface area contributed by atoms with Gasteiger partial charge < -0.3 is 0 Å². The van der Waals surface area contributed by atoms with Gasteiger partial charge in [0.1, 0.15) is 0 Å². The molecule has 0 aliphatic carbocycles. The van der Waals surface area contributed by atoms with Crippen LogP contribution in [0.1, 0.15) is 5.69 Å². The minimum atomic E-state index is -4.54. The monoisotopic (exact) mass is 329 g/mol.